The van der Waals surface area contributed by atoms with E-state index in [0.717, 1.165) is 24.5 Å². The van der Waals surface area contributed by atoms with Crippen molar-refractivity contribution in [2.24, 2.45) is 0 Å². The van der Waals surface area contributed by atoms with Crippen LogP contribution >= 0.6 is 11.6 Å². The number of rotatable bonds is 5. The number of carbonyl (C=O) groups is 1. The van der Waals surface area contributed by atoms with Crippen molar-refractivity contribution in [2.75, 3.05) is 35.2 Å². The molecule has 5 nitrogen and oxygen atoms in total. The predicted molar refractivity (Wildman–Crippen MR) is 94.3 cm³/mol. The second-order valence-corrected chi connectivity index (χ2v) is 5.88. The highest BCUT2D eigenvalue weighted by atomic mass is 35.5. The third-order valence-corrected chi connectivity index (χ3v) is 4.13. The van der Waals surface area contributed by atoms with E-state index in [4.69, 9.17) is 11.6 Å². The average molecular weight is 331 g/mol. The van der Waals surface area contributed by atoms with E-state index < -0.39 is 0 Å². The van der Waals surface area contributed by atoms with Gasteiger partial charge in [-0.1, -0.05) is 23.7 Å². The lowest BCUT2D eigenvalue weighted by Gasteiger charge is -2.17. The Morgan fingerprint density at radius 2 is 1.96 bits per heavy atom. The average Bonchev–Trinajstić information content (AvgIpc) is 3.09. The van der Waals surface area contributed by atoms with Gasteiger partial charge < -0.3 is 15.5 Å². The largest absolute Gasteiger partial charge is 0.375 e. The van der Waals surface area contributed by atoms with Crippen LogP contribution in [0.4, 0.5) is 17.2 Å². The molecule has 0 aliphatic carbocycles. The van der Waals surface area contributed by atoms with E-state index in [1.165, 1.54) is 12.8 Å². The van der Waals surface area contributed by atoms with Crippen molar-refractivity contribution in [3.63, 3.8) is 0 Å². The SMILES string of the molecule is O=C(CNc1ccccc1Cl)Nc1ccc(N2CCCC2)cn1. The number of hydrogen-bond acceptors (Lipinski definition) is 4. The zero-order valence-electron chi connectivity index (χ0n) is 12.8. The molecule has 1 aromatic heterocycles. The highest BCUT2D eigenvalue weighted by Gasteiger charge is 2.12. The first kappa shape index (κ1) is 15.6. The van der Waals surface area contributed by atoms with Gasteiger partial charge in [0.15, 0.2) is 0 Å². The molecule has 23 heavy (non-hydrogen) atoms. The first-order chi connectivity index (χ1) is 11.2. The summed E-state index contributed by atoms with van der Waals surface area (Å²) in [5.41, 5.74) is 1.84. The van der Waals surface area contributed by atoms with Gasteiger partial charge in [0.1, 0.15) is 5.82 Å². The Balaban J connectivity index is 1.52. The molecule has 1 fully saturated rings. The summed E-state index contributed by atoms with van der Waals surface area (Å²) in [6.45, 7) is 2.30. The Bertz CT molecular complexity index is 669. The Morgan fingerprint density at radius 3 is 2.65 bits per heavy atom. The van der Waals surface area contributed by atoms with Gasteiger partial charge in [0.05, 0.1) is 29.1 Å². The molecule has 120 valence electrons. The molecule has 2 aromatic rings. The van der Waals surface area contributed by atoms with Crippen molar-refractivity contribution in [1.29, 1.82) is 0 Å². The first-order valence-electron chi connectivity index (χ1n) is 7.71. The van der Waals surface area contributed by atoms with Crippen molar-refractivity contribution in [3.05, 3.63) is 47.6 Å². The standard InChI is InChI=1S/C17H19ClN4O/c18-14-5-1-2-6-15(14)19-12-17(23)21-16-8-7-13(11-20-16)22-9-3-4-10-22/h1-2,5-8,11,19H,3-4,9-10,12H2,(H,20,21,23). The number of nitrogens with one attached hydrogen (secondary N) is 2. The molecule has 6 heteroatoms. The molecule has 1 amide bonds. The molecule has 0 radical (unpaired) electrons. The maximum Gasteiger partial charge on any atom is 0.244 e. The van der Waals surface area contributed by atoms with Crippen molar-refractivity contribution < 1.29 is 4.79 Å². The number of aromatic nitrogens is 1. The van der Waals surface area contributed by atoms with E-state index in [9.17, 15) is 4.79 Å². The van der Waals surface area contributed by atoms with Crippen LogP contribution in [-0.4, -0.2) is 30.5 Å². The first-order valence-corrected chi connectivity index (χ1v) is 8.09. The second-order valence-electron chi connectivity index (χ2n) is 5.48. The predicted octanol–water partition coefficient (Wildman–Crippen LogP) is 3.39. The highest BCUT2D eigenvalue weighted by Crippen LogP contribution is 2.21. The molecule has 1 aromatic carbocycles. The smallest absolute Gasteiger partial charge is 0.244 e. The minimum absolute atomic E-state index is 0.138. The maximum atomic E-state index is 12.0. The summed E-state index contributed by atoms with van der Waals surface area (Å²) in [4.78, 5) is 18.6. The van der Waals surface area contributed by atoms with Crippen LogP contribution in [0.5, 0.6) is 0 Å². The fraction of sp³-hybridized carbons (Fsp3) is 0.294. The quantitative estimate of drug-likeness (QED) is 0.882. The minimum Gasteiger partial charge on any atom is -0.375 e. The molecule has 3 rings (SSSR count). The summed E-state index contributed by atoms with van der Waals surface area (Å²) in [6.07, 6.45) is 4.26. The summed E-state index contributed by atoms with van der Waals surface area (Å²) in [6, 6.07) is 11.2. The van der Waals surface area contributed by atoms with Crippen molar-refractivity contribution in [1.82, 2.24) is 4.98 Å². The van der Waals surface area contributed by atoms with Gasteiger partial charge >= 0.3 is 0 Å². The number of amides is 1. The number of nitrogens with zero attached hydrogens (tertiary/aromatic N) is 2. The van der Waals surface area contributed by atoms with Crippen molar-refractivity contribution in [3.8, 4) is 0 Å². The van der Waals surface area contributed by atoms with Crippen LogP contribution in [0.3, 0.4) is 0 Å². The van der Waals surface area contributed by atoms with Crippen molar-refractivity contribution in [2.45, 2.75) is 12.8 Å². The third-order valence-electron chi connectivity index (χ3n) is 3.80. The molecule has 1 saturated heterocycles. The third kappa shape index (κ3) is 4.13. The van der Waals surface area contributed by atoms with Gasteiger partial charge in [0, 0.05) is 13.1 Å². The Morgan fingerprint density at radius 1 is 1.17 bits per heavy atom. The Labute approximate surface area is 140 Å². The number of halogens is 1. The Kier molecular flexibility index (Phi) is 4.98. The van der Waals surface area contributed by atoms with Gasteiger partial charge in [0.2, 0.25) is 5.91 Å². The molecule has 0 bridgehead atoms. The van der Waals surface area contributed by atoms with Gasteiger partial charge in [-0.05, 0) is 37.1 Å². The Hall–Kier alpha value is -2.27. The van der Waals surface area contributed by atoms with E-state index in [-0.39, 0.29) is 12.5 Å². The summed E-state index contributed by atoms with van der Waals surface area (Å²) < 4.78 is 0. The minimum atomic E-state index is -0.161. The molecular weight excluding hydrogens is 312 g/mol. The summed E-state index contributed by atoms with van der Waals surface area (Å²) in [5, 5.41) is 6.38. The monoisotopic (exact) mass is 330 g/mol. The van der Waals surface area contributed by atoms with Crippen LogP contribution in [-0.2, 0) is 4.79 Å². The number of benzene rings is 1. The fourth-order valence-electron chi connectivity index (χ4n) is 2.59. The fourth-order valence-corrected chi connectivity index (χ4v) is 2.79. The van der Waals surface area contributed by atoms with Crippen LogP contribution in [0.25, 0.3) is 0 Å². The number of carbonyl (C=O) groups excluding carboxylic acids is 1. The van der Waals surface area contributed by atoms with Gasteiger partial charge in [-0.2, -0.15) is 0 Å². The van der Waals surface area contributed by atoms with Crippen LogP contribution in [0.2, 0.25) is 5.02 Å². The molecule has 1 aliphatic rings. The van der Waals surface area contributed by atoms with Crippen LogP contribution in [0.15, 0.2) is 42.6 Å². The molecule has 2 heterocycles. The maximum absolute atomic E-state index is 12.0. The normalized spacial score (nSPS) is 13.9. The van der Waals surface area contributed by atoms with E-state index in [1.54, 1.807) is 6.07 Å². The summed E-state index contributed by atoms with van der Waals surface area (Å²) >= 11 is 6.04. The zero-order valence-corrected chi connectivity index (χ0v) is 13.5. The number of para-hydroxylation sites is 1. The van der Waals surface area contributed by atoms with Crippen molar-refractivity contribution >= 4 is 34.7 Å². The van der Waals surface area contributed by atoms with E-state index in [0.29, 0.717) is 10.8 Å². The summed E-state index contributed by atoms with van der Waals surface area (Å²) in [7, 11) is 0. The topological polar surface area (TPSA) is 57.3 Å². The number of pyridine rings is 1. The molecular formula is C17H19ClN4O. The van der Waals surface area contributed by atoms with Gasteiger partial charge in [-0.25, -0.2) is 4.98 Å². The van der Waals surface area contributed by atoms with E-state index in [1.807, 2.05) is 36.5 Å². The molecule has 0 atom stereocenters. The zero-order chi connectivity index (χ0) is 16.1. The lowest BCUT2D eigenvalue weighted by molar-refractivity contribution is -0.114. The number of hydrogen-bond donors (Lipinski definition) is 2. The van der Waals surface area contributed by atoms with Crippen LogP contribution < -0.4 is 15.5 Å². The van der Waals surface area contributed by atoms with Gasteiger partial charge in [-0.15, -0.1) is 0 Å². The lowest BCUT2D eigenvalue weighted by atomic mass is 10.3. The number of anilines is 3. The van der Waals surface area contributed by atoms with Crippen LogP contribution in [0.1, 0.15) is 12.8 Å². The second kappa shape index (κ2) is 7.33. The molecule has 1 aliphatic heterocycles. The summed E-state index contributed by atoms with van der Waals surface area (Å²) in [5.74, 6) is 0.394. The highest BCUT2D eigenvalue weighted by molar-refractivity contribution is 6.33. The van der Waals surface area contributed by atoms with E-state index >= 15 is 0 Å². The van der Waals surface area contributed by atoms with Gasteiger partial charge in [0.25, 0.3) is 0 Å². The molecule has 0 saturated carbocycles. The molecule has 0 spiro atoms. The van der Waals surface area contributed by atoms with Crippen LogP contribution in [0, 0.1) is 0 Å². The lowest BCUT2D eigenvalue weighted by Crippen LogP contribution is -2.22. The molecule has 2 N–H and O–H groups in total. The van der Waals surface area contributed by atoms with Gasteiger partial charge in [-0.3, -0.25) is 4.79 Å². The molecule has 0 unspecified atom stereocenters. The van der Waals surface area contributed by atoms with E-state index in [2.05, 4.69) is 20.5 Å².